The van der Waals surface area contributed by atoms with E-state index in [1.54, 1.807) is 0 Å². The lowest BCUT2D eigenvalue weighted by atomic mass is 9.98. The maximum atomic E-state index is 3.67. The maximum absolute atomic E-state index is 3.67. The van der Waals surface area contributed by atoms with E-state index >= 15 is 0 Å². The van der Waals surface area contributed by atoms with E-state index in [1.807, 2.05) is 6.07 Å². The first-order valence-electron chi connectivity index (χ1n) is 17.3. The van der Waals surface area contributed by atoms with Gasteiger partial charge < -0.3 is 15.2 Å². The fourth-order valence-corrected chi connectivity index (χ4v) is 7.04. The Bertz CT molecular complexity index is 2590. The van der Waals surface area contributed by atoms with Crippen molar-refractivity contribution in [1.29, 1.82) is 0 Å². The number of fused-ring (bicyclic) bond motifs is 3. The molecule has 3 nitrogen and oxygen atoms in total. The van der Waals surface area contributed by atoms with Gasteiger partial charge in [-0.05, 0) is 101 Å². The Labute approximate surface area is 298 Å². The minimum absolute atomic E-state index is 1.03. The fourth-order valence-electron chi connectivity index (χ4n) is 7.04. The number of nitrogens with one attached hydrogen (secondary N) is 2. The monoisotopic (exact) mass is 653 g/mol. The minimum atomic E-state index is 1.03. The third-order valence-electron chi connectivity index (χ3n) is 9.57. The zero-order valence-electron chi connectivity index (χ0n) is 28.0. The van der Waals surface area contributed by atoms with E-state index in [9.17, 15) is 0 Å². The second-order valence-electron chi connectivity index (χ2n) is 12.8. The molecule has 51 heavy (non-hydrogen) atoms. The van der Waals surface area contributed by atoms with Gasteiger partial charge in [-0.3, -0.25) is 0 Å². The van der Waals surface area contributed by atoms with E-state index < -0.39 is 0 Å². The van der Waals surface area contributed by atoms with Crippen molar-refractivity contribution in [1.82, 2.24) is 4.57 Å². The average molecular weight is 654 g/mol. The highest BCUT2D eigenvalue weighted by Crippen LogP contribution is 2.37. The van der Waals surface area contributed by atoms with Crippen LogP contribution in [0, 0.1) is 0 Å². The van der Waals surface area contributed by atoms with E-state index in [2.05, 4.69) is 209 Å². The summed E-state index contributed by atoms with van der Waals surface area (Å²) in [7, 11) is 0. The van der Waals surface area contributed by atoms with Crippen molar-refractivity contribution >= 4 is 44.6 Å². The van der Waals surface area contributed by atoms with E-state index in [-0.39, 0.29) is 0 Å². The van der Waals surface area contributed by atoms with Crippen LogP contribution in [-0.4, -0.2) is 4.57 Å². The van der Waals surface area contributed by atoms with Crippen LogP contribution < -0.4 is 10.6 Å². The molecule has 9 rings (SSSR count). The van der Waals surface area contributed by atoms with Gasteiger partial charge in [-0.2, -0.15) is 0 Å². The summed E-state index contributed by atoms with van der Waals surface area (Å²) >= 11 is 0. The van der Waals surface area contributed by atoms with Crippen molar-refractivity contribution in [3.8, 4) is 39.1 Å². The zero-order valence-corrected chi connectivity index (χ0v) is 28.0. The summed E-state index contributed by atoms with van der Waals surface area (Å²) < 4.78 is 2.36. The predicted octanol–water partition coefficient (Wildman–Crippen LogP) is 13.3. The highest BCUT2D eigenvalue weighted by atomic mass is 15.0. The molecule has 0 aliphatic carbocycles. The van der Waals surface area contributed by atoms with Gasteiger partial charge in [-0.15, -0.1) is 0 Å². The van der Waals surface area contributed by atoms with Gasteiger partial charge in [-0.25, -0.2) is 0 Å². The Hall–Kier alpha value is -6.84. The molecular formula is C48H35N3. The van der Waals surface area contributed by atoms with Crippen LogP contribution in [0.3, 0.4) is 0 Å². The Balaban J connectivity index is 1.02. The number of hydrogen-bond acceptors (Lipinski definition) is 2. The van der Waals surface area contributed by atoms with Crippen LogP contribution in [-0.2, 0) is 0 Å². The van der Waals surface area contributed by atoms with Crippen molar-refractivity contribution in [3.63, 3.8) is 0 Å². The third kappa shape index (κ3) is 6.03. The third-order valence-corrected chi connectivity index (χ3v) is 9.57. The molecule has 0 spiro atoms. The summed E-state index contributed by atoms with van der Waals surface area (Å²) in [6.45, 7) is 0. The summed E-state index contributed by atoms with van der Waals surface area (Å²) in [6, 6.07) is 71.0. The Morgan fingerprint density at radius 3 is 1.61 bits per heavy atom. The highest BCUT2D eigenvalue weighted by molar-refractivity contribution is 6.10. The van der Waals surface area contributed by atoms with Crippen molar-refractivity contribution in [2.24, 2.45) is 0 Å². The molecule has 3 heteroatoms. The molecule has 1 aromatic heterocycles. The summed E-state index contributed by atoms with van der Waals surface area (Å²) in [4.78, 5) is 0. The lowest BCUT2D eigenvalue weighted by Gasteiger charge is -2.16. The molecule has 242 valence electrons. The van der Waals surface area contributed by atoms with Gasteiger partial charge >= 0.3 is 0 Å². The Morgan fingerprint density at radius 1 is 0.314 bits per heavy atom. The molecule has 1 heterocycles. The summed E-state index contributed by atoms with van der Waals surface area (Å²) in [5.41, 5.74) is 14.8. The van der Waals surface area contributed by atoms with Gasteiger partial charge in [0.25, 0.3) is 0 Å². The number of nitrogens with zero attached hydrogens (tertiary/aromatic N) is 1. The van der Waals surface area contributed by atoms with E-state index in [0.29, 0.717) is 0 Å². The Kier molecular flexibility index (Phi) is 7.84. The lowest BCUT2D eigenvalue weighted by molar-refractivity contribution is 1.18. The van der Waals surface area contributed by atoms with Crippen molar-refractivity contribution < 1.29 is 0 Å². The smallest absolute Gasteiger partial charge is 0.0541 e. The molecule has 0 atom stereocenters. The zero-order chi connectivity index (χ0) is 34.0. The number of benzene rings is 8. The van der Waals surface area contributed by atoms with Crippen LogP contribution in [0.2, 0.25) is 0 Å². The molecule has 8 aromatic carbocycles. The SMILES string of the molecule is c1ccc(Nc2ccc(Nc3ccc(-c4ccc5c(c4)c4ccccc4n5-c4ccccc4)cc3)cc2-c2ccc(-c3ccccc3)cc2)cc1. The largest absolute Gasteiger partial charge is 0.356 e. The number of hydrogen-bond donors (Lipinski definition) is 2. The molecule has 0 bridgehead atoms. The van der Waals surface area contributed by atoms with Gasteiger partial charge in [-0.1, -0.05) is 127 Å². The van der Waals surface area contributed by atoms with E-state index in [0.717, 1.165) is 33.9 Å². The lowest BCUT2D eigenvalue weighted by Crippen LogP contribution is -1.96. The first-order valence-corrected chi connectivity index (χ1v) is 17.3. The molecule has 2 N–H and O–H groups in total. The minimum Gasteiger partial charge on any atom is -0.356 e. The van der Waals surface area contributed by atoms with E-state index in [4.69, 9.17) is 0 Å². The van der Waals surface area contributed by atoms with Gasteiger partial charge in [0.1, 0.15) is 0 Å². The quantitative estimate of drug-likeness (QED) is 0.171. The molecule has 9 aromatic rings. The van der Waals surface area contributed by atoms with Crippen molar-refractivity contribution in [2.45, 2.75) is 0 Å². The topological polar surface area (TPSA) is 29.0 Å². The van der Waals surface area contributed by atoms with Gasteiger partial charge in [0.15, 0.2) is 0 Å². The summed E-state index contributed by atoms with van der Waals surface area (Å²) in [5.74, 6) is 0. The molecule has 0 radical (unpaired) electrons. The molecule has 0 aliphatic rings. The predicted molar refractivity (Wildman–Crippen MR) is 217 cm³/mol. The number of aromatic nitrogens is 1. The van der Waals surface area contributed by atoms with Crippen LogP contribution in [0.4, 0.5) is 22.7 Å². The Morgan fingerprint density at radius 2 is 0.843 bits per heavy atom. The van der Waals surface area contributed by atoms with Crippen LogP contribution in [0.1, 0.15) is 0 Å². The summed E-state index contributed by atoms with van der Waals surface area (Å²) in [5, 5.41) is 9.81. The molecular weight excluding hydrogens is 619 g/mol. The van der Waals surface area contributed by atoms with Crippen LogP contribution in [0.5, 0.6) is 0 Å². The maximum Gasteiger partial charge on any atom is 0.0541 e. The van der Waals surface area contributed by atoms with Gasteiger partial charge in [0.05, 0.1) is 11.0 Å². The molecule has 0 amide bonds. The highest BCUT2D eigenvalue weighted by Gasteiger charge is 2.13. The molecule has 0 aliphatic heterocycles. The van der Waals surface area contributed by atoms with E-state index in [1.165, 1.54) is 49.7 Å². The van der Waals surface area contributed by atoms with Crippen LogP contribution in [0.15, 0.2) is 200 Å². The second-order valence-corrected chi connectivity index (χ2v) is 12.8. The van der Waals surface area contributed by atoms with Gasteiger partial charge in [0.2, 0.25) is 0 Å². The van der Waals surface area contributed by atoms with Crippen LogP contribution >= 0.6 is 0 Å². The first kappa shape index (κ1) is 30.2. The standard InChI is InChI=1S/C48H35N3/c1-4-12-34(13-5-1)35-20-22-37(23-21-35)44-33-41(29-30-46(44)50-39-14-6-2-7-15-39)49-40-27-24-36(25-28-40)38-26-31-48-45(32-38)43-18-10-11-19-47(43)51(48)42-16-8-3-9-17-42/h1-33,49-50H. The number of para-hydroxylation sites is 3. The fraction of sp³-hybridized carbons (Fsp3) is 0. The summed E-state index contributed by atoms with van der Waals surface area (Å²) in [6.07, 6.45) is 0. The normalized spacial score (nSPS) is 11.1. The molecule has 0 unspecified atom stereocenters. The van der Waals surface area contributed by atoms with Gasteiger partial charge in [0, 0.05) is 44.8 Å². The molecule has 0 saturated carbocycles. The van der Waals surface area contributed by atoms with Crippen molar-refractivity contribution in [2.75, 3.05) is 10.6 Å². The number of rotatable bonds is 8. The van der Waals surface area contributed by atoms with Crippen LogP contribution in [0.25, 0.3) is 60.9 Å². The van der Waals surface area contributed by atoms with Crippen molar-refractivity contribution in [3.05, 3.63) is 200 Å². The number of anilines is 4. The average Bonchev–Trinajstić information content (AvgIpc) is 3.54. The molecule has 0 saturated heterocycles. The first-order chi connectivity index (χ1) is 25.3. The molecule has 0 fully saturated rings. The second kappa shape index (κ2) is 13.2.